The van der Waals surface area contributed by atoms with Gasteiger partial charge in [0.25, 0.3) is 5.91 Å². The molecule has 5 heteroatoms. The fourth-order valence-corrected chi connectivity index (χ4v) is 1.91. The maximum atomic E-state index is 13.1. The minimum absolute atomic E-state index is 0.296. The van der Waals surface area contributed by atoms with Crippen LogP contribution in [0.3, 0.4) is 0 Å². The van der Waals surface area contributed by atoms with Crippen LogP contribution in [0.5, 0.6) is 5.75 Å². The summed E-state index contributed by atoms with van der Waals surface area (Å²) in [5, 5.41) is 12.3. The molecule has 3 nitrogen and oxygen atoms in total. The third kappa shape index (κ3) is 3.32. The lowest BCUT2D eigenvalue weighted by atomic mass is 10.1. The van der Waals surface area contributed by atoms with Crippen molar-refractivity contribution < 1.29 is 14.3 Å². The molecule has 0 aliphatic heterocycles. The first-order valence-electron chi connectivity index (χ1n) is 5.55. The summed E-state index contributed by atoms with van der Waals surface area (Å²) >= 11 is 3.32. The molecule has 2 aromatic carbocycles. The molecular weight excluding hydrogens is 313 g/mol. The average molecular weight is 324 g/mol. The minimum atomic E-state index is -0.771. The number of phenols is 1. The third-order valence-corrected chi connectivity index (χ3v) is 3.22. The highest BCUT2D eigenvalue weighted by Crippen LogP contribution is 2.20. The van der Waals surface area contributed by atoms with Gasteiger partial charge in [-0.15, -0.1) is 0 Å². The van der Waals surface area contributed by atoms with Crippen LogP contribution in [0.15, 0.2) is 42.5 Å². The fraction of sp³-hybridized carbons (Fsp3) is 0.0714. The van der Waals surface area contributed by atoms with Gasteiger partial charge in [-0.1, -0.05) is 28.1 Å². The van der Waals surface area contributed by atoms with E-state index in [0.29, 0.717) is 11.3 Å². The smallest absolute Gasteiger partial charge is 0.255 e. The maximum absolute atomic E-state index is 13.1. The van der Waals surface area contributed by atoms with Crippen molar-refractivity contribution in [2.24, 2.45) is 0 Å². The van der Waals surface area contributed by atoms with Crippen molar-refractivity contribution >= 4 is 27.5 Å². The van der Waals surface area contributed by atoms with Crippen LogP contribution in [0.4, 0.5) is 10.1 Å². The Morgan fingerprint density at radius 1 is 1.21 bits per heavy atom. The fourth-order valence-electron chi connectivity index (χ4n) is 1.53. The Morgan fingerprint density at radius 2 is 1.89 bits per heavy atom. The van der Waals surface area contributed by atoms with Crippen LogP contribution in [0, 0.1) is 5.82 Å². The number of nitrogens with one attached hydrogen (secondary N) is 1. The van der Waals surface area contributed by atoms with E-state index in [4.69, 9.17) is 5.11 Å². The standard InChI is InChI=1S/C14H11BrFNO2/c15-8-9-1-3-10(4-2-9)14(19)17-11-5-6-13(18)12(16)7-11/h1-7,18H,8H2,(H,17,19). The van der Waals surface area contributed by atoms with E-state index in [1.807, 2.05) is 12.1 Å². The molecular formula is C14H11BrFNO2. The van der Waals surface area contributed by atoms with Gasteiger partial charge in [-0.25, -0.2) is 4.39 Å². The van der Waals surface area contributed by atoms with Crippen LogP contribution < -0.4 is 5.32 Å². The van der Waals surface area contributed by atoms with Crippen molar-refractivity contribution in [1.82, 2.24) is 0 Å². The molecule has 0 aromatic heterocycles. The van der Waals surface area contributed by atoms with Crippen molar-refractivity contribution in [3.63, 3.8) is 0 Å². The normalized spacial score (nSPS) is 10.2. The lowest BCUT2D eigenvalue weighted by molar-refractivity contribution is 0.102. The van der Waals surface area contributed by atoms with Crippen LogP contribution in [0.1, 0.15) is 15.9 Å². The molecule has 0 saturated carbocycles. The number of phenolic OH excluding ortho intramolecular Hbond substituents is 1. The van der Waals surface area contributed by atoms with Crippen LogP contribution in [0.2, 0.25) is 0 Å². The molecule has 19 heavy (non-hydrogen) atoms. The highest BCUT2D eigenvalue weighted by Gasteiger charge is 2.08. The predicted molar refractivity (Wildman–Crippen MR) is 75.1 cm³/mol. The number of anilines is 1. The zero-order valence-electron chi connectivity index (χ0n) is 9.86. The zero-order chi connectivity index (χ0) is 13.8. The van der Waals surface area contributed by atoms with Crippen molar-refractivity contribution in [2.45, 2.75) is 5.33 Å². The molecule has 0 radical (unpaired) electrons. The Morgan fingerprint density at radius 3 is 2.47 bits per heavy atom. The Balaban J connectivity index is 2.13. The monoisotopic (exact) mass is 323 g/mol. The first-order chi connectivity index (χ1) is 9.10. The number of benzene rings is 2. The molecule has 0 saturated heterocycles. The summed E-state index contributed by atoms with van der Waals surface area (Å²) in [6.07, 6.45) is 0. The van der Waals surface area contributed by atoms with E-state index in [1.165, 1.54) is 12.1 Å². The molecule has 0 aliphatic rings. The second kappa shape index (κ2) is 5.84. The first kappa shape index (κ1) is 13.5. The summed E-state index contributed by atoms with van der Waals surface area (Å²) < 4.78 is 13.1. The van der Waals surface area contributed by atoms with Crippen molar-refractivity contribution in [1.29, 1.82) is 0 Å². The summed E-state index contributed by atoms with van der Waals surface area (Å²) in [5.41, 5.74) is 1.84. The van der Waals surface area contributed by atoms with Gasteiger partial charge in [0, 0.05) is 22.6 Å². The number of carbonyl (C=O) groups excluding carboxylic acids is 1. The quantitative estimate of drug-likeness (QED) is 0.668. The van der Waals surface area contributed by atoms with E-state index in [-0.39, 0.29) is 5.91 Å². The number of rotatable bonds is 3. The number of amides is 1. The number of aromatic hydroxyl groups is 1. The molecule has 2 rings (SSSR count). The second-order valence-electron chi connectivity index (χ2n) is 3.95. The van der Waals surface area contributed by atoms with E-state index < -0.39 is 11.6 Å². The van der Waals surface area contributed by atoms with Gasteiger partial charge < -0.3 is 10.4 Å². The maximum Gasteiger partial charge on any atom is 0.255 e. The van der Waals surface area contributed by atoms with Gasteiger partial charge in [0.05, 0.1) is 0 Å². The Hall–Kier alpha value is -1.88. The number of alkyl halides is 1. The van der Waals surface area contributed by atoms with Crippen molar-refractivity contribution in [3.8, 4) is 5.75 Å². The summed E-state index contributed by atoms with van der Waals surface area (Å²) in [6, 6.07) is 10.8. The first-order valence-corrected chi connectivity index (χ1v) is 6.67. The van der Waals surface area contributed by atoms with Crippen molar-refractivity contribution in [3.05, 3.63) is 59.4 Å². The summed E-state index contributed by atoms with van der Waals surface area (Å²) in [5.74, 6) is -1.54. The van der Waals surface area contributed by atoms with E-state index in [1.54, 1.807) is 12.1 Å². The number of carbonyl (C=O) groups is 1. The van der Waals surface area contributed by atoms with Gasteiger partial charge in [-0.05, 0) is 29.8 Å². The lowest BCUT2D eigenvalue weighted by Gasteiger charge is -2.06. The largest absolute Gasteiger partial charge is 0.505 e. The molecule has 0 heterocycles. The number of hydrogen-bond donors (Lipinski definition) is 2. The highest BCUT2D eigenvalue weighted by atomic mass is 79.9. The van der Waals surface area contributed by atoms with Gasteiger partial charge in [0.1, 0.15) is 0 Å². The molecule has 0 bridgehead atoms. The Bertz CT molecular complexity index is 599. The Labute approximate surface area is 118 Å². The van der Waals surface area contributed by atoms with Gasteiger partial charge in [0.15, 0.2) is 11.6 Å². The van der Waals surface area contributed by atoms with Gasteiger partial charge in [-0.3, -0.25) is 4.79 Å². The molecule has 0 fully saturated rings. The molecule has 0 spiro atoms. The van der Waals surface area contributed by atoms with E-state index >= 15 is 0 Å². The molecule has 98 valence electrons. The van der Waals surface area contributed by atoms with E-state index in [9.17, 15) is 9.18 Å². The van der Waals surface area contributed by atoms with Gasteiger partial charge in [0.2, 0.25) is 0 Å². The summed E-state index contributed by atoms with van der Waals surface area (Å²) in [4.78, 5) is 11.9. The second-order valence-corrected chi connectivity index (χ2v) is 4.51. The summed E-state index contributed by atoms with van der Waals surface area (Å²) in [7, 11) is 0. The SMILES string of the molecule is O=C(Nc1ccc(O)c(F)c1)c1ccc(CBr)cc1. The van der Waals surface area contributed by atoms with Crippen LogP contribution in [-0.4, -0.2) is 11.0 Å². The van der Waals surface area contributed by atoms with Crippen LogP contribution in [-0.2, 0) is 5.33 Å². The van der Waals surface area contributed by atoms with E-state index in [0.717, 1.165) is 17.0 Å². The molecule has 0 atom stereocenters. The predicted octanol–water partition coefficient (Wildman–Crippen LogP) is 3.68. The number of halogens is 2. The highest BCUT2D eigenvalue weighted by molar-refractivity contribution is 9.08. The molecule has 2 aromatic rings. The molecule has 1 amide bonds. The lowest BCUT2D eigenvalue weighted by Crippen LogP contribution is -2.11. The van der Waals surface area contributed by atoms with Crippen molar-refractivity contribution in [2.75, 3.05) is 5.32 Å². The zero-order valence-corrected chi connectivity index (χ0v) is 11.4. The number of hydrogen-bond acceptors (Lipinski definition) is 2. The van der Waals surface area contributed by atoms with Gasteiger partial charge in [-0.2, -0.15) is 0 Å². The van der Waals surface area contributed by atoms with Crippen LogP contribution >= 0.6 is 15.9 Å². The van der Waals surface area contributed by atoms with Crippen LogP contribution in [0.25, 0.3) is 0 Å². The average Bonchev–Trinajstić information content (AvgIpc) is 2.43. The van der Waals surface area contributed by atoms with E-state index in [2.05, 4.69) is 21.2 Å². The molecule has 2 N–H and O–H groups in total. The van der Waals surface area contributed by atoms with Gasteiger partial charge >= 0.3 is 0 Å². The summed E-state index contributed by atoms with van der Waals surface area (Å²) in [6.45, 7) is 0. The molecule has 0 unspecified atom stereocenters. The Kier molecular flexibility index (Phi) is 4.16. The third-order valence-electron chi connectivity index (χ3n) is 2.58. The minimum Gasteiger partial charge on any atom is -0.505 e. The topological polar surface area (TPSA) is 49.3 Å². The molecule has 0 aliphatic carbocycles.